The second-order valence-electron chi connectivity index (χ2n) is 4.96. The molecule has 1 aromatic carbocycles. The monoisotopic (exact) mass is 255 g/mol. The van der Waals surface area contributed by atoms with Gasteiger partial charge in [0.05, 0.1) is 5.02 Å². The van der Waals surface area contributed by atoms with E-state index in [9.17, 15) is 4.39 Å². The number of nitrogens with one attached hydrogen (secondary N) is 1. The van der Waals surface area contributed by atoms with E-state index in [4.69, 9.17) is 11.6 Å². The molecule has 1 saturated carbocycles. The Bertz CT molecular complexity index is 374. The first-order valence-electron chi connectivity index (χ1n) is 6.34. The van der Waals surface area contributed by atoms with E-state index >= 15 is 0 Å². The zero-order valence-electron chi connectivity index (χ0n) is 10.2. The molecule has 0 saturated heterocycles. The molecular weight excluding hydrogens is 237 g/mol. The van der Waals surface area contributed by atoms with E-state index in [1.807, 2.05) is 0 Å². The van der Waals surface area contributed by atoms with Gasteiger partial charge in [-0.25, -0.2) is 4.39 Å². The second kappa shape index (κ2) is 5.83. The summed E-state index contributed by atoms with van der Waals surface area (Å²) in [5.74, 6) is 0.449. The molecule has 2 rings (SSSR count). The Hall–Kier alpha value is -0.600. The molecule has 17 heavy (non-hydrogen) atoms. The fraction of sp³-hybridized carbons (Fsp3) is 0.571. The summed E-state index contributed by atoms with van der Waals surface area (Å²) in [4.78, 5) is 0. The van der Waals surface area contributed by atoms with E-state index in [1.165, 1.54) is 31.7 Å². The lowest BCUT2D eigenvalue weighted by molar-refractivity contribution is 0.380. The van der Waals surface area contributed by atoms with Crippen molar-refractivity contribution in [3.05, 3.63) is 34.6 Å². The molecule has 0 spiro atoms. The maximum Gasteiger partial charge on any atom is 0.141 e. The number of hydrogen-bond donors (Lipinski definition) is 1. The Morgan fingerprint density at radius 1 is 1.41 bits per heavy atom. The quantitative estimate of drug-likeness (QED) is 0.852. The van der Waals surface area contributed by atoms with Gasteiger partial charge in [0.1, 0.15) is 5.82 Å². The van der Waals surface area contributed by atoms with Crippen molar-refractivity contribution in [3.8, 4) is 0 Å². The zero-order valence-corrected chi connectivity index (χ0v) is 10.9. The summed E-state index contributed by atoms with van der Waals surface area (Å²) in [6, 6.07) is 5.45. The number of hydrogen-bond acceptors (Lipinski definition) is 1. The van der Waals surface area contributed by atoms with Crippen LogP contribution in [-0.4, -0.2) is 6.04 Å². The van der Waals surface area contributed by atoms with Crippen LogP contribution in [0.15, 0.2) is 18.2 Å². The van der Waals surface area contributed by atoms with Crippen LogP contribution in [0.25, 0.3) is 0 Å². The highest BCUT2D eigenvalue weighted by atomic mass is 35.5. The molecule has 1 aliphatic carbocycles. The summed E-state index contributed by atoms with van der Waals surface area (Å²) < 4.78 is 13.0. The van der Waals surface area contributed by atoms with Gasteiger partial charge in [-0.3, -0.25) is 0 Å². The molecule has 0 bridgehead atoms. The van der Waals surface area contributed by atoms with Crippen molar-refractivity contribution >= 4 is 11.6 Å². The van der Waals surface area contributed by atoms with Gasteiger partial charge >= 0.3 is 0 Å². The highest BCUT2D eigenvalue weighted by Gasteiger charge is 2.20. The van der Waals surface area contributed by atoms with Crippen molar-refractivity contribution in [1.29, 1.82) is 0 Å². The van der Waals surface area contributed by atoms with Gasteiger partial charge in [0.2, 0.25) is 0 Å². The van der Waals surface area contributed by atoms with Crippen LogP contribution >= 0.6 is 11.6 Å². The van der Waals surface area contributed by atoms with Gasteiger partial charge in [0.15, 0.2) is 0 Å². The van der Waals surface area contributed by atoms with E-state index in [-0.39, 0.29) is 10.8 Å². The van der Waals surface area contributed by atoms with E-state index in [1.54, 1.807) is 12.1 Å². The summed E-state index contributed by atoms with van der Waals surface area (Å²) in [6.07, 6.45) is 5.38. The zero-order chi connectivity index (χ0) is 12.3. The van der Waals surface area contributed by atoms with Gasteiger partial charge < -0.3 is 5.32 Å². The van der Waals surface area contributed by atoms with Gasteiger partial charge in [-0.15, -0.1) is 0 Å². The molecule has 1 nitrogen and oxygen atoms in total. The molecule has 1 unspecified atom stereocenters. The largest absolute Gasteiger partial charge is 0.310 e. The Balaban J connectivity index is 1.86. The minimum Gasteiger partial charge on any atom is -0.310 e. The van der Waals surface area contributed by atoms with Crippen molar-refractivity contribution in [2.45, 2.75) is 45.2 Å². The van der Waals surface area contributed by atoms with Crippen molar-refractivity contribution in [2.24, 2.45) is 5.92 Å². The molecule has 1 aromatic rings. The lowest BCUT2D eigenvalue weighted by Gasteiger charge is -2.20. The van der Waals surface area contributed by atoms with E-state index in [0.717, 1.165) is 18.0 Å². The van der Waals surface area contributed by atoms with Crippen LogP contribution in [0.3, 0.4) is 0 Å². The summed E-state index contributed by atoms with van der Waals surface area (Å²) in [6.45, 7) is 3.00. The second-order valence-corrected chi connectivity index (χ2v) is 5.37. The Morgan fingerprint density at radius 2 is 2.12 bits per heavy atom. The van der Waals surface area contributed by atoms with Crippen LogP contribution in [0.1, 0.15) is 38.2 Å². The summed E-state index contributed by atoms with van der Waals surface area (Å²) >= 11 is 5.75. The van der Waals surface area contributed by atoms with Crippen molar-refractivity contribution in [3.63, 3.8) is 0 Å². The van der Waals surface area contributed by atoms with Crippen LogP contribution in [0.4, 0.5) is 4.39 Å². The number of rotatable bonds is 4. The fourth-order valence-electron chi connectivity index (χ4n) is 2.55. The topological polar surface area (TPSA) is 12.0 Å². The Kier molecular flexibility index (Phi) is 4.41. The van der Waals surface area contributed by atoms with E-state index < -0.39 is 0 Å². The molecule has 1 atom stereocenters. The molecule has 3 heteroatoms. The lowest BCUT2D eigenvalue weighted by Crippen LogP contribution is -2.31. The predicted molar refractivity (Wildman–Crippen MR) is 69.7 cm³/mol. The summed E-state index contributed by atoms with van der Waals surface area (Å²) in [5, 5.41) is 3.71. The molecule has 1 aliphatic rings. The molecule has 0 aromatic heterocycles. The SMILES string of the molecule is CC(NCc1ccc(F)c(Cl)c1)C1CCCC1. The minimum atomic E-state index is -0.348. The van der Waals surface area contributed by atoms with Crippen molar-refractivity contribution < 1.29 is 4.39 Å². The van der Waals surface area contributed by atoms with Gasteiger partial charge in [0.25, 0.3) is 0 Å². The van der Waals surface area contributed by atoms with Crippen LogP contribution in [0.5, 0.6) is 0 Å². The first kappa shape index (κ1) is 12.8. The normalized spacial score (nSPS) is 18.5. The van der Waals surface area contributed by atoms with Crippen molar-refractivity contribution in [2.75, 3.05) is 0 Å². The maximum absolute atomic E-state index is 13.0. The van der Waals surface area contributed by atoms with Crippen LogP contribution < -0.4 is 5.32 Å². The van der Waals surface area contributed by atoms with Gasteiger partial charge in [-0.2, -0.15) is 0 Å². The standard InChI is InChI=1S/C14H19ClFN/c1-10(12-4-2-3-5-12)17-9-11-6-7-14(16)13(15)8-11/h6-8,10,12,17H,2-5,9H2,1H3. The van der Waals surface area contributed by atoms with Crippen LogP contribution in [0, 0.1) is 11.7 Å². The van der Waals surface area contributed by atoms with Crippen LogP contribution in [0.2, 0.25) is 5.02 Å². The third-order valence-electron chi connectivity index (χ3n) is 3.72. The van der Waals surface area contributed by atoms with Crippen LogP contribution in [-0.2, 0) is 6.54 Å². The summed E-state index contributed by atoms with van der Waals surface area (Å²) in [7, 11) is 0. The number of halogens is 2. The third-order valence-corrected chi connectivity index (χ3v) is 4.01. The molecular formula is C14H19ClFN. The highest BCUT2D eigenvalue weighted by Crippen LogP contribution is 2.27. The molecule has 1 fully saturated rings. The minimum absolute atomic E-state index is 0.206. The lowest BCUT2D eigenvalue weighted by atomic mass is 9.99. The summed E-state index contributed by atoms with van der Waals surface area (Å²) in [5.41, 5.74) is 1.04. The molecule has 0 radical (unpaired) electrons. The molecule has 1 N–H and O–H groups in total. The third kappa shape index (κ3) is 3.43. The highest BCUT2D eigenvalue weighted by molar-refractivity contribution is 6.30. The average molecular weight is 256 g/mol. The molecule has 0 heterocycles. The van der Waals surface area contributed by atoms with E-state index in [0.29, 0.717) is 6.04 Å². The van der Waals surface area contributed by atoms with Gasteiger partial charge in [-0.05, 0) is 43.4 Å². The first-order valence-corrected chi connectivity index (χ1v) is 6.72. The fourth-order valence-corrected chi connectivity index (χ4v) is 2.76. The molecule has 94 valence electrons. The first-order chi connectivity index (χ1) is 8.16. The molecule has 0 aliphatic heterocycles. The smallest absolute Gasteiger partial charge is 0.141 e. The van der Waals surface area contributed by atoms with Gasteiger partial charge in [-0.1, -0.05) is 30.5 Å². The van der Waals surface area contributed by atoms with E-state index in [2.05, 4.69) is 12.2 Å². The van der Waals surface area contributed by atoms with Gasteiger partial charge in [0, 0.05) is 12.6 Å². The Labute approximate surface area is 107 Å². The van der Waals surface area contributed by atoms with Crippen molar-refractivity contribution in [1.82, 2.24) is 5.32 Å². The molecule has 0 amide bonds. The Morgan fingerprint density at radius 3 is 2.76 bits per heavy atom. The number of benzene rings is 1. The average Bonchev–Trinajstić information content (AvgIpc) is 2.84. The predicted octanol–water partition coefficient (Wildman–Crippen LogP) is 4.15. The maximum atomic E-state index is 13.0.